The summed E-state index contributed by atoms with van der Waals surface area (Å²) in [6.45, 7) is 0. The normalized spacial score (nSPS) is 17.1. The fraction of sp³-hybridized carbons (Fsp3) is 0.556. The van der Waals surface area contributed by atoms with E-state index in [4.69, 9.17) is 10.5 Å². The molecule has 0 unspecified atom stereocenters. The fourth-order valence-corrected chi connectivity index (χ4v) is 1.65. The highest BCUT2D eigenvalue weighted by molar-refractivity contribution is 5.44. The molecule has 2 rings (SSSR count). The van der Waals surface area contributed by atoms with Crippen LogP contribution in [0.15, 0.2) is 11.1 Å². The van der Waals surface area contributed by atoms with E-state index in [9.17, 15) is 4.79 Å². The highest BCUT2D eigenvalue weighted by Gasteiger charge is 2.18. The van der Waals surface area contributed by atoms with Gasteiger partial charge in [-0.3, -0.25) is 4.79 Å². The lowest BCUT2D eigenvalue weighted by Crippen LogP contribution is -2.18. The monoisotopic (exact) mass is 195 g/mol. The van der Waals surface area contributed by atoms with Gasteiger partial charge in [0.05, 0.1) is 6.33 Å². The maximum Gasteiger partial charge on any atom is 0.277 e. The topological polar surface area (TPSA) is 81.0 Å². The molecule has 0 bridgehead atoms. The third kappa shape index (κ3) is 1.71. The smallest absolute Gasteiger partial charge is 0.277 e. The fourth-order valence-electron chi connectivity index (χ4n) is 1.65. The largest absolute Gasteiger partial charge is 0.473 e. The second kappa shape index (κ2) is 3.69. The van der Waals surface area contributed by atoms with E-state index in [-0.39, 0.29) is 23.2 Å². The van der Waals surface area contributed by atoms with Crippen molar-refractivity contribution in [3.8, 4) is 5.88 Å². The van der Waals surface area contributed by atoms with Gasteiger partial charge in [-0.05, 0) is 25.7 Å². The maximum atomic E-state index is 11.1. The minimum Gasteiger partial charge on any atom is -0.473 e. The summed E-state index contributed by atoms with van der Waals surface area (Å²) in [5, 5.41) is 0. The van der Waals surface area contributed by atoms with Crippen LogP contribution < -0.4 is 16.0 Å². The van der Waals surface area contributed by atoms with Crippen LogP contribution >= 0.6 is 0 Å². The Morgan fingerprint density at radius 3 is 2.93 bits per heavy atom. The summed E-state index contributed by atoms with van der Waals surface area (Å²) in [4.78, 5) is 17.4. The van der Waals surface area contributed by atoms with E-state index in [0.29, 0.717) is 0 Å². The lowest BCUT2D eigenvalue weighted by atomic mass is 10.3. The first-order valence-electron chi connectivity index (χ1n) is 4.77. The summed E-state index contributed by atoms with van der Waals surface area (Å²) in [6, 6.07) is 0. The average molecular weight is 195 g/mol. The highest BCUT2D eigenvalue weighted by Crippen LogP contribution is 2.24. The van der Waals surface area contributed by atoms with Crippen LogP contribution in [0.2, 0.25) is 0 Å². The van der Waals surface area contributed by atoms with Gasteiger partial charge in [-0.15, -0.1) is 0 Å². The van der Waals surface area contributed by atoms with Crippen molar-refractivity contribution in [2.75, 3.05) is 5.73 Å². The molecule has 1 aromatic heterocycles. The quantitative estimate of drug-likeness (QED) is 0.726. The maximum absolute atomic E-state index is 11.1. The Hall–Kier alpha value is -1.52. The van der Waals surface area contributed by atoms with Crippen LogP contribution in [0.4, 0.5) is 5.69 Å². The van der Waals surface area contributed by atoms with Crippen molar-refractivity contribution in [3.63, 3.8) is 0 Å². The number of nitrogen functional groups attached to an aromatic ring is 1. The lowest BCUT2D eigenvalue weighted by molar-refractivity contribution is 0.202. The van der Waals surface area contributed by atoms with Crippen molar-refractivity contribution < 1.29 is 4.74 Å². The van der Waals surface area contributed by atoms with E-state index in [2.05, 4.69) is 9.97 Å². The molecule has 0 aliphatic heterocycles. The number of hydrogen-bond donors (Lipinski definition) is 2. The second-order valence-electron chi connectivity index (χ2n) is 3.47. The van der Waals surface area contributed by atoms with E-state index in [1.165, 1.54) is 19.2 Å². The van der Waals surface area contributed by atoms with Crippen LogP contribution in [0.3, 0.4) is 0 Å². The molecular weight excluding hydrogens is 182 g/mol. The molecule has 0 radical (unpaired) electrons. The Morgan fingerprint density at radius 1 is 1.50 bits per heavy atom. The molecule has 14 heavy (non-hydrogen) atoms. The van der Waals surface area contributed by atoms with E-state index in [1.807, 2.05) is 0 Å². The summed E-state index contributed by atoms with van der Waals surface area (Å²) in [7, 11) is 0. The van der Waals surface area contributed by atoms with Crippen molar-refractivity contribution in [2.45, 2.75) is 31.8 Å². The molecule has 5 nitrogen and oxygen atoms in total. The zero-order valence-corrected chi connectivity index (χ0v) is 7.82. The van der Waals surface area contributed by atoms with Crippen molar-refractivity contribution in [1.29, 1.82) is 0 Å². The first-order valence-corrected chi connectivity index (χ1v) is 4.77. The van der Waals surface area contributed by atoms with Gasteiger partial charge in [0.2, 0.25) is 5.88 Å². The number of H-pyrrole nitrogens is 1. The molecule has 1 aromatic rings. The van der Waals surface area contributed by atoms with Gasteiger partial charge in [0.25, 0.3) is 5.56 Å². The Bertz CT molecular complexity index is 369. The van der Waals surface area contributed by atoms with E-state index >= 15 is 0 Å². The number of nitrogens with two attached hydrogens (primary N) is 1. The molecular formula is C9H13N3O2. The van der Waals surface area contributed by atoms with Crippen LogP contribution in [0.5, 0.6) is 5.88 Å². The third-order valence-electron chi connectivity index (χ3n) is 2.43. The number of ether oxygens (including phenoxy) is 1. The molecule has 76 valence electrons. The number of nitrogens with zero attached hydrogens (tertiary/aromatic N) is 1. The molecule has 1 aliphatic rings. The second-order valence-corrected chi connectivity index (χ2v) is 3.47. The minimum absolute atomic E-state index is 0.0689. The van der Waals surface area contributed by atoms with Crippen molar-refractivity contribution in [1.82, 2.24) is 9.97 Å². The summed E-state index contributed by atoms with van der Waals surface area (Å²) >= 11 is 0. The zero-order chi connectivity index (χ0) is 9.97. The van der Waals surface area contributed by atoms with Gasteiger partial charge in [0.15, 0.2) is 5.69 Å². The van der Waals surface area contributed by atoms with E-state index in [0.717, 1.165) is 12.8 Å². The SMILES string of the molecule is Nc1c(OC2CCCC2)nc[nH]c1=O. The molecule has 3 N–H and O–H groups in total. The van der Waals surface area contributed by atoms with E-state index < -0.39 is 0 Å². The van der Waals surface area contributed by atoms with Crippen molar-refractivity contribution in [2.24, 2.45) is 0 Å². The molecule has 1 fully saturated rings. The number of nitrogens with one attached hydrogen (secondary N) is 1. The molecule has 1 aliphatic carbocycles. The first-order chi connectivity index (χ1) is 6.77. The lowest BCUT2D eigenvalue weighted by Gasteiger charge is -2.12. The highest BCUT2D eigenvalue weighted by atomic mass is 16.5. The number of hydrogen-bond acceptors (Lipinski definition) is 4. The summed E-state index contributed by atoms with van der Waals surface area (Å²) in [5.74, 6) is 0.264. The molecule has 0 aromatic carbocycles. The predicted octanol–water partition coefficient (Wildman–Crippen LogP) is 0.673. The van der Waals surface area contributed by atoms with Gasteiger partial charge in [0, 0.05) is 0 Å². The van der Waals surface area contributed by atoms with Crippen molar-refractivity contribution >= 4 is 5.69 Å². The van der Waals surface area contributed by atoms with Gasteiger partial charge >= 0.3 is 0 Å². The van der Waals surface area contributed by atoms with Gasteiger partial charge in [-0.1, -0.05) is 0 Å². The van der Waals surface area contributed by atoms with Gasteiger partial charge < -0.3 is 15.5 Å². The number of anilines is 1. The number of aromatic amines is 1. The number of rotatable bonds is 2. The summed E-state index contributed by atoms with van der Waals surface area (Å²) in [5.41, 5.74) is 5.26. The molecule has 0 atom stereocenters. The van der Waals surface area contributed by atoms with Crippen molar-refractivity contribution in [3.05, 3.63) is 16.7 Å². The third-order valence-corrected chi connectivity index (χ3v) is 2.43. The first kappa shape index (κ1) is 9.05. The van der Waals surface area contributed by atoms with Gasteiger partial charge in [0.1, 0.15) is 6.10 Å². The Balaban J connectivity index is 2.15. The average Bonchev–Trinajstić information content (AvgIpc) is 2.66. The van der Waals surface area contributed by atoms with Crippen LogP contribution in [0.25, 0.3) is 0 Å². The molecule has 0 amide bonds. The summed E-state index contributed by atoms with van der Waals surface area (Å²) in [6.07, 6.45) is 5.87. The zero-order valence-electron chi connectivity index (χ0n) is 7.82. The molecule has 1 heterocycles. The van der Waals surface area contributed by atoms with E-state index in [1.54, 1.807) is 0 Å². The van der Waals surface area contributed by atoms with Gasteiger partial charge in [-0.2, -0.15) is 0 Å². The molecule has 1 saturated carbocycles. The Labute approximate surface area is 81.3 Å². The van der Waals surface area contributed by atoms with Gasteiger partial charge in [-0.25, -0.2) is 4.98 Å². The van der Waals surface area contributed by atoms with Crippen LogP contribution in [-0.4, -0.2) is 16.1 Å². The Morgan fingerprint density at radius 2 is 2.21 bits per heavy atom. The Kier molecular flexibility index (Phi) is 2.39. The number of aromatic nitrogens is 2. The van der Waals surface area contributed by atoms with Crippen LogP contribution in [-0.2, 0) is 0 Å². The summed E-state index contributed by atoms with van der Waals surface area (Å²) < 4.78 is 5.53. The standard InChI is InChI=1S/C9H13N3O2/c10-7-8(13)11-5-12-9(7)14-6-3-1-2-4-6/h5-6H,1-4,10H2,(H,11,12,13). The van der Waals surface area contributed by atoms with Crippen LogP contribution in [0, 0.1) is 0 Å². The molecule has 5 heteroatoms. The molecule has 0 saturated heterocycles. The van der Waals surface area contributed by atoms with Crippen LogP contribution in [0.1, 0.15) is 25.7 Å². The molecule has 0 spiro atoms. The predicted molar refractivity (Wildman–Crippen MR) is 52.2 cm³/mol. The minimum atomic E-state index is -0.340.